The fourth-order valence-electron chi connectivity index (χ4n) is 3.75. The number of aromatic nitrogens is 1. The van der Waals surface area contributed by atoms with Crippen molar-refractivity contribution in [2.45, 2.75) is 25.7 Å². The van der Waals surface area contributed by atoms with Crippen LogP contribution in [0, 0.1) is 0 Å². The summed E-state index contributed by atoms with van der Waals surface area (Å²) in [5, 5.41) is 0.690. The summed E-state index contributed by atoms with van der Waals surface area (Å²) in [6.45, 7) is -0.0876. The lowest BCUT2D eigenvalue weighted by atomic mass is 9.91. The normalized spacial score (nSPS) is 13.2. The van der Waals surface area contributed by atoms with Gasteiger partial charge in [-0.1, -0.05) is 30.3 Å². The Morgan fingerprint density at radius 3 is 2.70 bits per heavy atom. The van der Waals surface area contributed by atoms with Crippen LogP contribution in [0.25, 0.3) is 10.9 Å². The van der Waals surface area contributed by atoms with Crippen LogP contribution in [0.4, 0.5) is 0 Å². The summed E-state index contributed by atoms with van der Waals surface area (Å²) in [4.78, 5) is 24.8. The fourth-order valence-corrected chi connectivity index (χ4v) is 3.75. The van der Waals surface area contributed by atoms with Crippen LogP contribution < -0.4 is 4.74 Å². The second kappa shape index (κ2) is 7.27. The SMILES string of the molecule is COC(=O)c1cn(C(=O)COc2cccc3c2CCCC3)c2ccccc12. The fraction of sp³-hybridized carbons (Fsp3) is 0.273. The van der Waals surface area contributed by atoms with Crippen molar-refractivity contribution in [2.24, 2.45) is 0 Å². The molecule has 0 aliphatic heterocycles. The standard InChI is InChI=1S/C22H21NO4/c1-26-22(25)18-13-23(19-11-5-4-10-17(18)19)21(24)14-27-20-12-6-8-15-7-2-3-9-16(15)20/h4-6,8,10-13H,2-3,7,9,14H2,1H3. The van der Waals surface area contributed by atoms with Gasteiger partial charge >= 0.3 is 5.97 Å². The van der Waals surface area contributed by atoms with E-state index in [0.29, 0.717) is 16.5 Å². The number of carbonyl (C=O) groups is 2. The summed E-state index contributed by atoms with van der Waals surface area (Å²) in [6.07, 6.45) is 5.92. The first-order chi connectivity index (χ1) is 13.2. The van der Waals surface area contributed by atoms with Gasteiger partial charge in [0.2, 0.25) is 0 Å². The van der Waals surface area contributed by atoms with E-state index >= 15 is 0 Å². The molecule has 4 rings (SSSR count). The Labute approximate surface area is 157 Å². The van der Waals surface area contributed by atoms with Gasteiger partial charge in [-0.15, -0.1) is 0 Å². The van der Waals surface area contributed by atoms with Gasteiger partial charge in [-0.2, -0.15) is 0 Å². The molecule has 138 valence electrons. The van der Waals surface area contributed by atoms with E-state index in [9.17, 15) is 9.59 Å². The molecule has 0 radical (unpaired) electrons. The Hall–Kier alpha value is -3.08. The van der Waals surface area contributed by atoms with E-state index in [4.69, 9.17) is 9.47 Å². The average molecular weight is 363 g/mol. The van der Waals surface area contributed by atoms with Crippen molar-refractivity contribution in [1.29, 1.82) is 0 Å². The molecule has 27 heavy (non-hydrogen) atoms. The van der Waals surface area contributed by atoms with Gasteiger partial charge < -0.3 is 9.47 Å². The summed E-state index contributed by atoms with van der Waals surface area (Å²) >= 11 is 0. The molecule has 0 atom stereocenters. The number of ether oxygens (including phenoxy) is 2. The van der Waals surface area contributed by atoms with Gasteiger partial charge in [0.25, 0.3) is 5.91 Å². The Morgan fingerprint density at radius 1 is 1.04 bits per heavy atom. The van der Waals surface area contributed by atoms with Gasteiger partial charge in [0.15, 0.2) is 6.61 Å². The number of carbonyl (C=O) groups excluding carboxylic acids is 2. The maximum atomic E-state index is 12.8. The number of fused-ring (bicyclic) bond motifs is 2. The lowest BCUT2D eigenvalue weighted by molar-refractivity contribution is 0.0603. The van der Waals surface area contributed by atoms with Crippen LogP contribution >= 0.6 is 0 Å². The zero-order chi connectivity index (χ0) is 18.8. The highest BCUT2D eigenvalue weighted by molar-refractivity contribution is 6.07. The number of hydrogen-bond acceptors (Lipinski definition) is 4. The van der Waals surface area contributed by atoms with Crippen LogP contribution in [0.5, 0.6) is 5.75 Å². The van der Waals surface area contributed by atoms with Crippen molar-refractivity contribution < 1.29 is 19.1 Å². The number of methoxy groups -OCH3 is 1. The molecule has 0 N–H and O–H groups in total. The van der Waals surface area contributed by atoms with Gasteiger partial charge in [-0.3, -0.25) is 9.36 Å². The first-order valence-corrected chi connectivity index (χ1v) is 9.14. The highest BCUT2D eigenvalue weighted by Gasteiger charge is 2.20. The van der Waals surface area contributed by atoms with E-state index in [1.807, 2.05) is 30.3 Å². The van der Waals surface area contributed by atoms with E-state index in [-0.39, 0.29) is 12.5 Å². The summed E-state index contributed by atoms with van der Waals surface area (Å²) in [5.74, 6) is 0.0933. The zero-order valence-electron chi connectivity index (χ0n) is 15.2. The molecule has 1 aromatic heterocycles. The van der Waals surface area contributed by atoms with E-state index in [1.54, 1.807) is 6.07 Å². The summed E-state index contributed by atoms with van der Waals surface area (Å²) < 4.78 is 12.2. The Balaban J connectivity index is 1.60. The monoisotopic (exact) mass is 363 g/mol. The van der Waals surface area contributed by atoms with E-state index in [0.717, 1.165) is 25.0 Å². The molecule has 5 heteroatoms. The second-order valence-electron chi connectivity index (χ2n) is 6.70. The van der Waals surface area contributed by atoms with Crippen LogP contribution in [-0.4, -0.2) is 30.2 Å². The largest absolute Gasteiger partial charge is 0.483 e. The molecule has 0 saturated carbocycles. The third kappa shape index (κ3) is 3.21. The van der Waals surface area contributed by atoms with Gasteiger partial charge in [0.1, 0.15) is 5.75 Å². The molecule has 0 spiro atoms. The van der Waals surface area contributed by atoms with Crippen molar-refractivity contribution in [3.05, 3.63) is 65.4 Å². The maximum absolute atomic E-state index is 12.8. The molecule has 0 saturated heterocycles. The number of aryl methyl sites for hydroxylation is 1. The molecule has 1 aliphatic rings. The van der Waals surface area contributed by atoms with Crippen LogP contribution in [0.2, 0.25) is 0 Å². The smallest absolute Gasteiger partial charge is 0.340 e. The Morgan fingerprint density at radius 2 is 1.85 bits per heavy atom. The minimum atomic E-state index is -0.462. The first-order valence-electron chi connectivity index (χ1n) is 9.14. The summed E-state index contributed by atoms with van der Waals surface area (Å²) in [6, 6.07) is 13.3. The number of rotatable bonds is 4. The van der Waals surface area contributed by atoms with Crippen molar-refractivity contribution in [2.75, 3.05) is 13.7 Å². The first kappa shape index (κ1) is 17.3. The van der Waals surface area contributed by atoms with E-state index in [1.165, 1.54) is 35.4 Å². The van der Waals surface area contributed by atoms with Crippen molar-refractivity contribution in [3.8, 4) is 5.75 Å². The summed E-state index contributed by atoms with van der Waals surface area (Å²) in [5.41, 5.74) is 3.56. The third-order valence-corrected chi connectivity index (χ3v) is 5.09. The molecule has 0 fully saturated rings. The van der Waals surface area contributed by atoms with Gasteiger partial charge in [-0.05, 0) is 48.9 Å². The highest BCUT2D eigenvalue weighted by atomic mass is 16.5. The van der Waals surface area contributed by atoms with Crippen LogP contribution in [0.1, 0.15) is 39.1 Å². The maximum Gasteiger partial charge on any atom is 0.340 e. The number of nitrogens with zero attached hydrogens (tertiary/aromatic N) is 1. The molecular weight excluding hydrogens is 342 g/mol. The average Bonchev–Trinajstić information content (AvgIpc) is 3.11. The molecule has 0 unspecified atom stereocenters. The van der Waals surface area contributed by atoms with Crippen molar-refractivity contribution >= 4 is 22.8 Å². The minimum absolute atomic E-state index is 0.0876. The second-order valence-corrected chi connectivity index (χ2v) is 6.70. The van der Waals surface area contributed by atoms with Crippen molar-refractivity contribution in [3.63, 3.8) is 0 Å². The molecule has 0 bridgehead atoms. The predicted molar refractivity (Wildman–Crippen MR) is 102 cm³/mol. The third-order valence-electron chi connectivity index (χ3n) is 5.09. The Bertz CT molecular complexity index is 1020. The number of esters is 1. The van der Waals surface area contributed by atoms with Gasteiger partial charge in [-0.25, -0.2) is 4.79 Å². The lowest BCUT2D eigenvalue weighted by Crippen LogP contribution is -2.19. The van der Waals surface area contributed by atoms with Crippen LogP contribution in [-0.2, 0) is 17.6 Å². The van der Waals surface area contributed by atoms with E-state index < -0.39 is 5.97 Å². The van der Waals surface area contributed by atoms with Gasteiger partial charge in [0.05, 0.1) is 18.2 Å². The van der Waals surface area contributed by atoms with Gasteiger partial charge in [0, 0.05) is 11.6 Å². The molecule has 0 amide bonds. The summed E-state index contributed by atoms with van der Waals surface area (Å²) in [7, 11) is 1.33. The van der Waals surface area contributed by atoms with Crippen molar-refractivity contribution in [1.82, 2.24) is 4.57 Å². The molecule has 1 aliphatic carbocycles. The number of para-hydroxylation sites is 1. The molecule has 5 nitrogen and oxygen atoms in total. The highest BCUT2D eigenvalue weighted by Crippen LogP contribution is 2.29. The zero-order valence-corrected chi connectivity index (χ0v) is 15.2. The Kier molecular flexibility index (Phi) is 4.67. The number of benzene rings is 2. The molecule has 3 aromatic rings. The molecule has 2 aromatic carbocycles. The number of hydrogen-bond donors (Lipinski definition) is 0. The minimum Gasteiger partial charge on any atom is -0.483 e. The molecular formula is C22H21NO4. The van der Waals surface area contributed by atoms with E-state index in [2.05, 4.69) is 6.07 Å². The predicted octanol–water partition coefficient (Wildman–Crippen LogP) is 4.03. The van der Waals surface area contributed by atoms with Crippen LogP contribution in [0.3, 0.4) is 0 Å². The quantitative estimate of drug-likeness (QED) is 0.657. The topological polar surface area (TPSA) is 57.5 Å². The lowest BCUT2D eigenvalue weighted by Gasteiger charge is -2.19. The van der Waals surface area contributed by atoms with Crippen LogP contribution in [0.15, 0.2) is 48.7 Å². The molecule has 1 heterocycles.